The summed E-state index contributed by atoms with van der Waals surface area (Å²) in [6.07, 6.45) is 0. The molecule has 0 aliphatic carbocycles. The Morgan fingerprint density at radius 1 is 1.39 bits per heavy atom. The lowest BCUT2D eigenvalue weighted by atomic mass is 10.0. The SMILES string of the molecule is Cc1nnc(CNC(c2cccs2)C(C)C)n1C. The van der Waals surface area contributed by atoms with Crippen molar-refractivity contribution in [1.29, 1.82) is 0 Å². The summed E-state index contributed by atoms with van der Waals surface area (Å²) in [7, 11) is 2.00. The van der Waals surface area contributed by atoms with E-state index in [2.05, 4.69) is 46.9 Å². The third-order valence-electron chi connectivity index (χ3n) is 3.18. The molecule has 98 valence electrons. The lowest BCUT2D eigenvalue weighted by Crippen LogP contribution is -2.26. The van der Waals surface area contributed by atoms with Gasteiger partial charge in [0.1, 0.15) is 11.6 Å². The van der Waals surface area contributed by atoms with E-state index in [9.17, 15) is 0 Å². The molecule has 0 spiro atoms. The van der Waals surface area contributed by atoms with E-state index in [0.717, 1.165) is 18.2 Å². The Bertz CT molecular complexity index is 487. The van der Waals surface area contributed by atoms with Crippen LogP contribution in [0, 0.1) is 12.8 Å². The van der Waals surface area contributed by atoms with E-state index in [4.69, 9.17) is 0 Å². The third kappa shape index (κ3) is 2.79. The van der Waals surface area contributed by atoms with Crippen LogP contribution >= 0.6 is 11.3 Å². The van der Waals surface area contributed by atoms with E-state index in [1.165, 1.54) is 4.88 Å². The molecule has 0 aromatic carbocycles. The highest BCUT2D eigenvalue weighted by molar-refractivity contribution is 7.10. The number of hydrogen-bond acceptors (Lipinski definition) is 4. The summed E-state index contributed by atoms with van der Waals surface area (Å²) >= 11 is 1.80. The largest absolute Gasteiger partial charge is 0.317 e. The zero-order chi connectivity index (χ0) is 13.1. The van der Waals surface area contributed by atoms with Crippen molar-refractivity contribution in [3.05, 3.63) is 34.0 Å². The highest BCUT2D eigenvalue weighted by Crippen LogP contribution is 2.25. The molecule has 2 aromatic rings. The number of aryl methyl sites for hydroxylation is 1. The zero-order valence-corrected chi connectivity index (χ0v) is 12.2. The summed E-state index contributed by atoms with van der Waals surface area (Å²) in [4.78, 5) is 1.38. The highest BCUT2D eigenvalue weighted by Gasteiger charge is 2.17. The average molecular weight is 264 g/mol. The Morgan fingerprint density at radius 3 is 2.67 bits per heavy atom. The predicted molar refractivity (Wildman–Crippen MR) is 74.5 cm³/mol. The summed E-state index contributed by atoms with van der Waals surface area (Å²) in [6.45, 7) is 7.19. The van der Waals surface area contributed by atoms with Gasteiger partial charge in [-0.25, -0.2) is 0 Å². The van der Waals surface area contributed by atoms with Crippen molar-refractivity contribution in [2.45, 2.75) is 33.4 Å². The molecule has 2 aromatic heterocycles. The van der Waals surface area contributed by atoms with E-state index in [1.807, 2.05) is 18.5 Å². The Labute approximate surface area is 112 Å². The first-order valence-corrected chi connectivity index (χ1v) is 7.09. The summed E-state index contributed by atoms with van der Waals surface area (Å²) in [5.41, 5.74) is 0. The molecule has 0 saturated carbocycles. The minimum Gasteiger partial charge on any atom is -0.317 e. The highest BCUT2D eigenvalue weighted by atomic mass is 32.1. The van der Waals surface area contributed by atoms with Crippen LogP contribution in [-0.2, 0) is 13.6 Å². The first kappa shape index (κ1) is 13.2. The van der Waals surface area contributed by atoms with E-state index in [1.54, 1.807) is 11.3 Å². The lowest BCUT2D eigenvalue weighted by Gasteiger charge is -2.21. The number of hydrogen-bond donors (Lipinski definition) is 1. The normalized spacial score (nSPS) is 13.2. The molecule has 0 fully saturated rings. The molecule has 18 heavy (non-hydrogen) atoms. The predicted octanol–water partition coefficient (Wildman–Crippen LogP) is 2.67. The van der Waals surface area contributed by atoms with Crippen LogP contribution in [0.5, 0.6) is 0 Å². The fourth-order valence-corrected chi connectivity index (χ4v) is 2.91. The van der Waals surface area contributed by atoms with Crippen molar-refractivity contribution in [1.82, 2.24) is 20.1 Å². The van der Waals surface area contributed by atoms with Gasteiger partial charge in [-0.05, 0) is 24.3 Å². The van der Waals surface area contributed by atoms with Gasteiger partial charge in [-0.15, -0.1) is 21.5 Å². The van der Waals surface area contributed by atoms with Crippen molar-refractivity contribution < 1.29 is 0 Å². The molecule has 1 unspecified atom stereocenters. The molecule has 0 aliphatic rings. The van der Waals surface area contributed by atoms with Gasteiger partial charge in [0.2, 0.25) is 0 Å². The smallest absolute Gasteiger partial charge is 0.146 e. The second kappa shape index (κ2) is 5.63. The van der Waals surface area contributed by atoms with Crippen molar-refractivity contribution in [3.63, 3.8) is 0 Å². The molecule has 0 amide bonds. The minimum absolute atomic E-state index is 0.377. The molecular formula is C13H20N4S. The number of aromatic nitrogens is 3. The van der Waals surface area contributed by atoms with E-state index >= 15 is 0 Å². The molecule has 0 saturated heterocycles. The maximum Gasteiger partial charge on any atom is 0.146 e. The van der Waals surface area contributed by atoms with Crippen LogP contribution in [0.15, 0.2) is 17.5 Å². The Hall–Kier alpha value is -1.20. The van der Waals surface area contributed by atoms with Gasteiger partial charge in [0.05, 0.1) is 6.54 Å². The van der Waals surface area contributed by atoms with Gasteiger partial charge >= 0.3 is 0 Å². The molecule has 0 aliphatic heterocycles. The molecule has 5 heteroatoms. The number of nitrogens with zero attached hydrogens (tertiary/aromatic N) is 3. The molecule has 0 bridgehead atoms. The van der Waals surface area contributed by atoms with Crippen molar-refractivity contribution in [2.24, 2.45) is 13.0 Å². The Morgan fingerprint density at radius 2 is 2.17 bits per heavy atom. The first-order chi connectivity index (χ1) is 8.59. The summed E-state index contributed by atoms with van der Waals surface area (Å²) in [6, 6.07) is 4.66. The van der Waals surface area contributed by atoms with Crippen LogP contribution in [0.4, 0.5) is 0 Å². The number of nitrogens with one attached hydrogen (secondary N) is 1. The van der Waals surface area contributed by atoms with Crippen LogP contribution in [0.25, 0.3) is 0 Å². The Balaban J connectivity index is 2.05. The quantitative estimate of drug-likeness (QED) is 0.903. The van der Waals surface area contributed by atoms with Gasteiger partial charge in [-0.1, -0.05) is 19.9 Å². The van der Waals surface area contributed by atoms with Crippen LogP contribution in [0.1, 0.15) is 36.4 Å². The maximum atomic E-state index is 4.18. The first-order valence-electron chi connectivity index (χ1n) is 6.21. The fraction of sp³-hybridized carbons (Fsp3) is 0.538. The lowest BCUT2D eigenvalue weighted by molar-refractivity contribution is 0.408. The van der Waals surface area contributed by atoms with Crippen LogP contribution in [0.3, 0.4) is 0 Å². The van der Waals surface area contributed by atoms with Gasteiger partial charge in [0.25, 0.3) is 0 Å². The molecule has 0 radical (unpaired) electrons. The fourth-order valence-electron chi connectivity index (χ4n) is 1.94. The summed E-state index contributed by atoms with van der Waals surface area (Å²) in [5, 5.41) is 14.0. The van der Waals surface area contributed by atoms with E-state index in [-0.39, 0.29) is 0 Å². The van der Waals surface area contributed by atoms with Gasteiger partial charge in [0, 0.05) is 18.0 Å². The second-order valence-electron chi connectivity index (χ2n) is 4.84. The average Bonchev–Trinajstić information content (AvgIpc) is 2.94. The van der Waals surface area contributed by atoms with E-state index < -0.39 is 0 Å². The second-order valence-corrected chi connectivity index (χ2v) is 5.82. The van der Waals surface area contributed by atoms with Crippen molar-refractivity contribution in [3.8, 4) is 0 Å². The zero-order valence-electron chi connectivity index (χ0n) is 11.3. The molecule has 1 atom stereocenters. The van der Waals surface area contributed by atoms with Gasteiger partial charge < -0.3 is 9.88 Å². The van der Waals surface area contributed by atoms with Crippen molar-refractivity contribution >= 4 is 11.3 Å². The molecule has 1 N–H and O–H groups in total. The van der Waals surface area contributed by atoms with Gasteiger partial charge in [0.15, 0.2) is 0 Å². The molecule has 4 nitrogen and oxygen atoms in total. The number of rotatable bonds is 5. The minimum atomic E-state index is 0.377. The van der Waals surface area contributed by atoms with E-state index in [0.29, 0.717) is 12.0 Å². The maximum absolute atomic E-state index is 4.18. The summed E-state index contributed by atoms with van der Waals surface area (Å²) in [5.74, 6) is 2.48. The monoisotopic (exact) mass is 264 g/mol. The van der Waals surface area contributed by atoms with Crippen LogP contribution in [-0.4, -0.2) is 14.8 Å². The molecule has 2 heterocycles. The molecule has 2 rings (SSSR count). The molecular weight excluding hydrogens is 244 g/mol. The Kier molecular flexibility index (Phi) is 4.14. The topological polar surface area (TPSA) is 42.7 Å². The van der Waals surface area contributed by atoms with Gasteiger partial charge in [-0.3, -0.25) is 0 Å². The van der Waals surface area contributed by atoms with Gasteiger partial charge in [-0.2, -0.15) is 0 Å². The summed E-state index contributed by atoms with van der Waals surface area (Å²) < 4.78 is 2.03. The van der Waals surface area contributed by atoms with Crippen LogP contribution in [0.2, 0.25) is 0 Å². The third-order valence-corrected chi connectivity index (χ3v) is 4.13. The van der Waals surface area contributed by atoms with Crippen LogP contribution < -0.4 is 5.32 Å². The number of thiophene rings is 1. The van der Waals surface area contributed by atoms with Crippen molar-refractivity contribution in [2.75, 3.05) is 0 Å². The standard InChI is InChI=1S/C13H20N4S/c1-9(2)13(11-6-5-7-18-11)14-8-12-16-15-10(3)17(12)4/h5-7,9,13-14H,8H2,1-4H3.